The Morgan fingerprint density at radius 3 is 1.41 bits per heavy atom. The molecule has 1 fully saturated rings. The summed E-state index contributed by atoms with van der Waals surface area (Å²) in [5.41, 5.74) is 1.97. The predicted molar refractivity (Wildman–Crippen MR) is 101 cm³/mol. The number of carboxylic acid groups (broad SMARTS) is 1. The molecular weight excluding hydrogens is 340 g/mol. The van der Waals surface area contributed by atoms with Gasteiger partial charge in [0.2, 0.25) is 0 Å². The highest BCUT2D eigenvalue weighted by molar-refractivity contribution is 5.78. The van der Waals surface area contributed by atoms with Crippen molar-refractivity contribution in [1.82, 2.24) is 0 Å². The standard InChI is InChI=1S/C23H20O4/c24-21(25)23(20-14-8-3-9-15-20)26-16-22(17-27-23,18-10-4-1-5-11-18)19-12-6-2-7-13-19/h1-15H,16-17H2,(H,24,25). The number of hydrogen-bond donors (Lipinski definition) is 1. The number of hydrogen-bond acceptors (Lipinski definition) is 3. The molecule has 4 heteroatoms. The third kappa shape index (κ3) is 2.93. The summed E-state index contributed by atoms with van der Waals surface area (Å²) < 4.78 is 12.0. The second-order valence-corrected chi connectivity index (χ2v) is 6.68. The second-order valence-electron chi connectivity index (χ2n) is 6.68. The van der Waals surface area contributed by atoms with Crippen LogP contribution < -0.4 is 0 Å². The Morgan fingerprint density at radius 1 is 0.667 bits per heavy atom. The summed E-state index contributed by atoms with van der Waals surface area (Å²) >= 11 is 0. The Hall–Kier alpha value is -2.95. The van der Waals surface area contributed by atoms with Crippen LogP contribution in [0.25, 0.3) is 0 Å². The number of carbonyl (C=O) groups is 1. The predicted octanol–water partition coefficient (Wildman–Crippen LogP) is 3.96. The highest BCUT2D eigenvalue weighted by Gasteiger charge is 2.52. The van der Waals surface area contributed by atoms with Gasteiger partial charge in [0.05, 0.1) is 18.6 Å². The zero-order chi connectivity index (χ0) is 18.7. The molecule has 1 aliphatic rings. The van der Waals surface area contributed by atoms with E-state index in [9.17, 15) is 9.90 Å². The van der Waals surface area contributed by atoms with Crippen LogP contribution in [0.4, 0.5) is 0 Å². The second kappa shape index (κ2) is 6.99. The largest absolute Gasteiger partial charge is 0.477 e. The highest BCUT2D eigenvalue weighted by atomic mass is 16.7. The molecule has 0 aliphatic carbocycles. The lowest BCUT2D eigenvalue weighted by Crippen LogP contribution is -2.54. The molecule has 0 amide bonds. The fourth-order valence-corrected chi connectivity index (χ4v) is 3.62. The Kier molecular flexibility index (Phi) is 4.52. The highest BCUT2D eigenvalue weighted by Crippen LogP contribution is 2.42. The molecule has 4 nitrogen and oxygen atoms in total. The van der Waals surface area contributed by atoms with E-state index in [-0.39, 0.29) is 13.2 Å². The van der Waals surface area contributed by atoms with Gasteiger partial charge in [0.1, 0.15) is 0 Å². The van der Waals surface area contributed by atoms with E-state index < -0.39 is 17.2 Å². The maximum Gasteiger partial charge on any atom is 0.369 e. The van der Waals surface area contributed by atoms with Crippen LogP contribution in [0.3, 0.4) is 0 Å². The quantitative estimate of drug-likeness (QED) is 0.765. The number of benzene rings is 3. The van der Waals surface area contributed by atoms with Gasteiger partial charge < -0.3 is 14.6 Å². The molecule has 136 valence electrons. The third-order valence-corrected chi connectivity index (χ3v) is 5.13. The Bertz CT molecular complexity index is 857. The summed E-state index contributed by atoms with van der Waals surface area (Å²) in [4.78, 5) is 12.1. The van der Waals surface area contributed by atoms with Crippen molar-refractivity contribution in [1.29, 1.82) is 0 Å². The number of aliphatic carboxylic acids is 1. The van der Waals surface area contributed by atoms with Crippen LogP contribution in [0.1, 0.15) is 16.7 Å². The van der Waals surface area contributed by atoms with Gasteiger partial charge in [-0.15, -0.1) is 0 Å². The first-order valence-electron chi connectivity index (χ1n) is 8.85. The summed E-state index contributed by atoms with van der Waals surface area (Å²) in [6, 6.07) is 28.7. The molecule has 1 heterocycles. The van der Waals surface area contributed by atoms with Gasteiger partial charge in [-0.3, -0.25) is 0 Å². The molecular formula is C23H20O4. The number of ether oxygens (including phenoxy) is 2. The molecule has 1 aliphatic heterocycles. The molecule has 0 bridgehead atoms. The molecule has 27 heavy (non-hydrogen) atoms. The van der Waals surface area contributed by atoms with Crippen LogP contribution in [0.2, 0.25) is 0 Å². The number of carboxylic acids is 1. The van der Waals surface area contributed by atoms with Gasteiger partial charge in [0, 0.05) is 5.56 Å². The van der Waals surface area contributed by atoms with Crippen molar-refractivity contribution in [2.24, 2.45) is 0 Å². The summed E-state index contributed by atoms with van der Waals surface area (Å²) in [6.45, 7) is 0.393. The van der Waals surface area contributed by atoms with E-state index in [1.54, 1.807) is 24.3 Å². The first kappa shape index (κ1) is 17.5. The fraction of sp³-hybridized carbons (Fsp3) is 0.174. The van der Waals surface area contributed by atoms with Gasteiger partial charge in [-0.2, -0.15) is 0 Å². The molecule has 1 saturated heterocycles. The van der Waals surface area contributed by atoms with Crippen molar-refractivity contribution < 1.29 is 19.4 Å². The normalized spacial score (nSPS) is 17.9. The van der Waals surface area contributed by atoms with Crippen LogP contribution in [0.5, 0.6) is 0 Å². The van der Waals surface area contributed by atoms with Crippen LogP contribution in [0.15, 0.2) is 91.0 Å². The lowest BCUT2D eigenvalue weighted by atomic mass is 9.75. The molecule has 0 atom stereocenters. The van der Waals surface area contributed by atoms with E-state index in [2.05, 4.69) is 0 Å². The van der Waals surface area contributed by atoms with Crippen molar-refractivity contribution in [3.05, 3.63) is 108 Å². The van der Waals surface area contributed by atoms with E-state index in [4.69, 9.17) is 9.47 Å². The minimum atomic E-state index is -1.80. The molecule has 1 N–H and O–H groups in total. The first-order chi connectivity index (χ1) is 13.2. The first-order valence-corrected chi connectivity index (χ1v) is 8.85. The fourth-order valence-electron chi connectivity index (χ4n) is 3.62. The van der Waals surface area contributed by atoms with Crippen molar-refractivity contribution >= 4 is 5.97 Å². The zero-order valence-electron chi connectivity index (χ0n) is 14.7. The van der Waals surface area contributed by atoms with Crippen LogP contribution >= 0.6 is 0 Å². The lowest BCUT2D eigenvalue weighted by Gasteiger charge is -2.45. The van der Waals surface area contributed by atoms with Gasteiger partial charge >= 0.3 is 5.97 Å². The Labute approximate surface area is 158 Å². The minimum Gasteiger partial charge on any atom is -0.477 e. The zero-order valence-corrected chi connectivity index (χ0v) is 14.7. The van der Waals surface area contributed by atoms with Gasteiger partial charge in [-0.1, -0.05) is 91.0 Å². The maximum absolute atomic E-state index is 12.1. The molecule has 0 unspecified atom stereocenters. The molecule has 0 aromatic heterocycles. The molecule has 0 radical (unpaired) electrons. The maximum atomic E-state index is 12.1. The molecule has 0 spiro atoms. The van der Waals surface area contributed by atoms with Crippen molar-refractivity contribution in [2.75, 3.05) is 13.2 Å². The van der Waals surface area contributed by atoms with Crippen molar-refractivity contribution in [3.63, 3.8) is 0 Å². The van der Waals surface area contributed by atoms with E-state index in [1.807, 2.05) is 66.7 Å². The lowest BCUT2D eigenvalue weighted by molar-refractivity contribution is -0.287. The van der Waals surface area contributed by atoms with Gasteiger partial charge in [-0.05, 0) is 11.1 Å². The van der Waals surface area contributed by atoms with Crippen LogP contribution in [-0.4, -0.2) is 24.3 Å². The summed E-state index contributed by atoms with van der Waals surface area (Å²) in [5.74, 6) is -2.95. The average Bonchev–Trinajstić information content (AvgIpc) is 2.75. The summed E-state index contributed by atoms with van der Waals surface area (Å²) in [5, 5.41) is 9.90. The monoisotopic (exact) mass is 360 g/mol. The average molecular weight is 360 g/mol. The van der Waals surface area contributed by atoms with Gasteiger partial charge in [0.15, 0.2) is 0 Å². The van der Waals surface area contributed by atoms with Gasteiger partial charge in [-0.25, -0.2) is 4.79 Å². The van der Waals surface area contributed by atoms with E-state index in [0.717, 1.165) is 11.1 Å². The topological polar surface area (TPSA) is 55.8 Å². The third-order valence-electron chi connectivity index (χ3n) is 5.13. The van der Waals surface area contributed by atoms with E-state index in [1.165, 1.54) is 0 Å². The minimum absolute atomic E-state index is 0.197. The summed E-state index contributed by atoms with van der Waals surface area (Å²) in [6.07, 6.45) is 0. The molecule has 0 saturated carbocycles. The number of rotatable bonds is 4. The SMILES string of the molecule is O=C(O)C1(c2ccccc2)OCC(c2ccccc2)(c2ccccc2)CO1. The van der Waals surface area contributed by atoms with Crippen molar-refractivity contribution in [3.8, 4) is 0 Å². The van der Waals surface area contributed by atoms with Crippen molar-refractivity contribution in [2.45, 2.75) is 11.2 Å². The molecule has 3 aromatic carbocycles. The molecule has 4 rings (SSSR count). The molecule has 3 aromatic rings. The van der Waals surface area contributed by atoms with Crippen LogP contribution in [-0.2, 0) is 25.5 Å². The smallest absolute Gasteiger partial charge is 0.369 e. The van der Waals surface area contributed by atoms with Gasteiger partial charge in [0.25, 0.3) is 5.79 Å². The Morgan fingerprint density at radius 2 is 1.04 bits per heavy atom. The van der Waals surface area contributed by atoms with E-state index in [0.29, 0.717) is 5.56 Å². The van der Waals surface area contributed by atoms with Crippen LogP contribution in [0, 0.1) is 0 Å². The van der Waals surface area contributed by atoms with E-state index >= 15 is 0 Å². The Balaban J connectivity index is 1.77. The summed E-state index contributed by atoms with van der Waals surface area (Å²) in [7, 11) is 0.